The lowest BCUT2D eigenvalue weighted by Crippen LogP contribution is -2.26. The number of carbonyl (C=O) groups excluding carboxylic acids is 1. The zero-order valence-electron chi connectivity index (χ0n) is 7.10. The summed E-state index contributed by atoms with van der Waals surface area (Å²) in [7, 11) is 0. The maximum Gasteiger partial charge on any atom is 0.133 e. The molecule has 11 heavy (non-hydrogen) atoms. The van der Waals surface area contributed by atoms with Crippen LogP contribution in [0.5, 0.6) is 0 Å². The molecule has 2 nitrogen and oxygen atoms in total. The number of hydrogen-bond donors (Lipinski definition) is 1. The molecular weight excluding hydrogens is 140 g/mol. The van der Waals surface area contributed by atoms with Crippen LogP contribution in [0.25, 0.3) is 0 Å². The van der Waals surface area contributed by atoms with Crippen molar-refractivity contribution in [1.29, 1.82) is 0 Å². The Hall–Kier alpha value is -0.370. The maximum atomic E-state index is 11.1. The largest absolute Gasteiger partial charge is 0.396 e. The van der Waals surface area contributed by atoms with Crippen LogP contribution in [0.1, 0.15) is 39.0 Å². The van der Waals surface area contributed by atoms with Gasteiger partial charge in [-0.2, -0.15) is 0 Å². The molecule has 0 amide bonds. The number of carbonyl (C=O) groups is 1. The first-order chi connectivity index (χ1) is 5.16. The molecule has 0 aromatic rings. The number of aliphatic hydroxyl groups excluding tert-OH is 1. The standard InChI is InChI=1S/C9H16O2/c1-9(5-6-10)4-2-3-8(11)7-9/h10H,2-7H2,1H3. The van der Waals surface area contributed by atoms with E-state index in [4.69, 9.17) is 5.11 Å². The second-order valence-corrected chi connectivity index (χ2v) is 3.85. The van der Waals surface area contributed by atoms with E-state index in [1.807, 2.05) is 0 Å². The second-order valence-electron chi connectivity index (χ2n) is 3.85. The Morgan fingerprint density at radius 3 is 2.91 bits per heavy atom. The molecule has 0 radical (unpaired) electrons. The monoisotopic (exact) mass is 156 g/mol. The van der Waals surface area contributed by atoms with Gasteiger partial charge in [-0.25, -0.2) is 0 Å². The van der Waals surface area contributed by atoms with Gasteiger partial charge >= 0.3 is 0 Å². The molecule has 0 saturated heterocycles. The highest BCUT2D eigenvalue weighted by Crippen LogP contribution is 2.36. The highest BCUT2D eigenvalue weighted by Gasteiger charge is 2.30. The zero-order valence-corrected chi connectivity index (χ0v) is 7.10. The van der Waals surface area contributed by atoms with Crippen LogP contribution in [0.2, 0.25) is 0 Å². The van der Waals surface area contributed by atoms with Gasteiger partial charge in [0.25, 0.3) is 0 Å². The Kier molecular flexibility index (Phi) is 2.66. The molecule has 1 unspecified atom stereocenters. The van der Waals surface area contributed by atoms with Crippen molar-refractivity contribution in [2.24, 2.45) is 5.41 Å². The van der Waals surface area contributed by atoms with Crippen LogP contribution in [0.4, 0.5) is 0 Å². The molecule has 1 saturated carbocycles. The fraction of sp³-hybridized carbons (Fsp3) is 0.889. The minimum Gasteiger partial charge on any atom is -0.396 e. The summed E-state index contributed by atoms with van der Waals surface area (Å²) in [5, 5.41) is 8.76. The highest BCUT2D eigenvalue weighted by molar-refractivity contribution is 5.79. The highest BCUT2D eigenvalue weighted by atomic mass is 16.3. The molecule has 0 spiro atoms. The molecule has 0 heterocycles. The fourth-order valence-electron chi connectivity index (χ4n) is 1.85. The van der Waals surface area contributed by atoms with Crippen LogP contribution >= 0.6 is 0 Å². The SMILES string of the molecule is CC1(CCO)CCCC(=O)C1. The molecule has 64 valence electrons. The van der Waals surface area contributed by atoms with E-state index < -0.39 is 0 Å². The van der Waals surface area contributed by atoms with E-state index in [1.165, 1.54) is 0 Å². The molecule has 0 aromatic heterocycles. The summed E-state index contributed by atoms with van der Waals surface area (Å²) >= 11 is 0. The van der Waals surface area contributed by atoms with Crippen molar-refractivity contribution >= 4 is 5.78 Å². The van der Waals surface area contributed by atoms with Crippen molar-refractivity contribution in [3.63, 3.8) is 0 Å². The average Bonchev–Trinajstić information content (AvgIpc) is 1.86. The van der Waals surface area contributed by atoms with Gasteiger partial charge in [-0.15, -0.1) is 0 Å². The van der Waals surface area contributed by atoms with Crippen LogP contribution in [0.3, 0.4) is 0 Å². The van der Waals surface area contributed by atoms with Crippen molar-refractivity contribution in [2.45, 2.75) is 39.0 Å². The predicted octanol–water partition coefficient (Wildman–Crippen LogP) is 1.52. The number of rotatable bonds is 2. The van der Waals surface area contributed by atoms with Crippen LogP contribution in [-0.4, -0.2) is 17.5 Å². The third-order valence-corrected chi connectivity index (χ3v) is 2.58. The lowest BCUT2D eigenvalue weighted by molar-refractivity contribution is -0.123. The predicted molar refractivity (Wildman–Crippen MR) is 43.3 cm³/mol. The van der Waals surface area contributed by atoms with Crippen molar-refractivity contribution in [1.82, 2.24) is 0 Å². The van der Waals surface area contributed by atoms with E-state index >= 15 is 0 Å². The summed E-state index contributed by atoms with van der Waals surface area (Å²) in [5.74, 6) is 0.368. The summed E-state index contributed by atoms with van der Waals surface area (Å²) < 4.78 is 0. The first kappa shape index (κ1) is 8.72. The van der Waals surface area contributed by atoms with Gasteiger partial charge in [-0.3, -0.25) is 4.79 Å². The van der Waals surface area contributed by atoms with Gasteiger partial charge in [-0.1, -0.05) is 6.92 Å². The summed E-state index contributed by atoms with van der Waals surface area (Å²) in [6.07, 6.45) is 4.31. The quantitative estimate of drug-likeness (QED) is 0.658. The molecule has 0 aliphatic heterocycles. The number of Topliss-reactive ketones (excluding diaryl/α,β-unsaturated/α-hetero) is 1. The number of hydrogen-bond acceptors (Lipinski definition) is 2. The van der Waals surface area contributed by atoms with Gasteiger partial charge in [0.1, 0.15) is 5.78 Å². The minimum absolute atomic E-state index is 0.101. The summed E-state index contributed by atoms with van der Waals surface area (Å²) in [6, 6.07) is 0. The Bertz CT molecular complexity index is 150. The third kappa shape index (κ3) is 2.29. The minimum atomic E-state index is 0.101. The maximum absolute atomic E-state index is 11.1. The molecule has 1 aliphatic rings. The van der Waals surface area contributed by atoms with Crippen LogP contribution < -0.4 is 0 Å². The Balaban J connectivity index is 2.48. The smallest absolute Gasteiger partial charge is 0.133 e. The van der Waals surface area contributed by atoms with Crippen molar-refractivity contribution in [3.05, 3.63) is 0 Å². The zero-order chi connectivity index (χ0) is 8.32. The average molecular weight is 156 g/mol. The molecule has 0 bridgehead atoms. The molecule has 2 heteroatoms. The first-order valence-corrected chi connectivity index (χ1v) is 4.29. The Morgan fingerprint density at radius 1 is 1.64 bits per heavy atom. The van der Waals surface area contributed by atoms with Gasteiger partial charge in [0.05, 0.1) is 0 Å². The molecule has 1 aliphatic carbocycles. The van der Waals surface area contributed by atoms with Crippen molar-refractivity contribution < 1.29 is 9.90 Å². The molecule has 1 fully saturated rings. The molecule has 1 N–H and O–H groups in total. The van der Waals surface area contributed by atoms with E-state index in [1.54, 1.807) is 0 Å². The van der Waals surface area contributed by atoms with E-state index in [0.717, 1.165) is 25.7 Å². The van der Waals surface area contributed by atoms with E-state index in [0.29, 0.717) is 12.2 Å². The summed E-state index contributed by atoms with van der Waals surface area (Å²) in [5.41, 5.74) is 0.101. The van der Waals surface area contributed by atoms with E-state index in [9.17, 15) is 4.79 Å². The van der Waals surface area contributed by atoms with Crippen LogP contribution in [0, 0.1) is 5.41 Å². The van der Waals surface area contributed by atoms with Gasteiger partial charge in [-0.05, 0) is 24.7 Å². The van der Waals surface area contributed by atoms with Gasteiger partial charge in [0.15, 0.2) is 0 Å². The topological polar surface area (TPSA) is 37.3 Å². The van der Waals surface area contributed by atoms with Crippen molar-refractivity contribution in [3.8, 4) is 0 Å². The molecule has 0 aromatic carbocycles. The fourth-order valence-corrected chi connectivity index (χ4v) is 1.85. The third-order valence-electron chi connectivity index (χ3n) is 2.58. The molecule has 1 rings (SSSR count). The number of aliphatic hydroxyl groups is 1. The molecular formula is C9H16O2. The summed E-state index contributed by atoms with van der Waals surface area (Å²) in [4.78, 5) is 11.1. The Morgan fingerprint density at radius 2 is 2.36 bits per heavy atom. The lowest BCUT2D eigenvalue weighted by Gasteiger charge is -2.31. The summed E-state index contributed by atoms with van der Waals surface area (Å²) in [6.45, 7) is 2.31. The van der Waals surface area contributed by atoms with Crippen molar-refractivity contribution in [2.75, 3.05) is 6.61 Å². The first-order valence-electron chi connectivity index (χ1n) is 4.29. The molecule has 1 atom stereocenters. The van der Waals surface area contributed by atoms with E-state index in [2.05, 4.69) is 6.92 Å². The van der Waals surface area contributed by atoms with E-state index in [-0.39, 0.29) is 12.0 Å². The second kappa shape index (κ2) is 3.35. The van der Waals surface area contributed by atoms with Gasteiger partial charge < -0.3 is 5.11 Å². The normalized spacial score (nSPS) is 32.4. The van der Waals surface area contributed by atoms with Crippen LogP contribution in [-0.2, 0) is 4.79 Å². The number of ketones is 1. The lowest BCUT2D eigenvalue weighted by atomic mass is 9.73. The Labute approximate surface area is 67.6 Å². The van der Waals surface area contributed by atoms with Gasteiger partial charge in [0.2, 0.25) is 0 Å². The van der Waals surface area contributed by atoms with Gasteiger partial charge in [0, 0.05) is 19.4 Å². The van der Waals surface area contributed by atoms with Crippen LogP contribution in [0.15, 0.2) is 0 Å².